The summed E-state index contributed by atoms with van der Waals surface area (Å²) in [6, 6.07) is 18.3. The van der Waals surface area contributed by atoms with Crippen LogP contribution in [0.2, 0.25) is 0 Å². The molecule has 1 atom stereocenters. The maximum atomic E-state index is 13.6. The van der Waals surface area contributed by atoms with Crippen LogP contribution in [0.4, 0.5) is 0 Å². The molecule has 180 valence electrons. The minimum Gasteiger partial charge on any atom is -0.497 e. The number of rotatable bonds is 11. The van der Waals surface area contributed by atoms with Crippen molar-refractivity contribution >= 4 is 17.7 Å². The molecule has 8 heteroatoms. The molecule has 0 spiro atoms. The highest BCUT2D eigenvalue weighted by molar-refractivity contribution is 6.09. The van der Waals surface area contributed by atoms with Gasteiger partial charge >= 0.3 is 5.97 Å². The Hall–Kier alpha value is -4.20. The van der Waals surface area contributed by atoms with Crippen molar-refractivity contribution in [1.82, 2.24) is 9.88 Å². The Morgan fingerprint density at radius 3 is 2.34 bits per heavy atom. The number of ketones is 1. The van der Waals surface area contributed by atoms with Crippen molar-refractivity contribution in [2.24, 2.45) is 5.92 Å². The van der Waals surface area contributed by atoms with Gasteiger partial charge in [-0.1, -0.05) is 24.3 Å². The minimum absolute atomic E-state index is 0.139. The number of nitrogens with zero attached hydrogens (tertiary/aromatic N) is 2. The Morgan fingerprint density at radius 2 is 1.71 bits per heavy atom. The monoisotopic (exact) mass is 474 g/mol. The third-order valence-electron chi connectivity index (χ3n) is 5.69. The summed E-state index contributed by atoms with van der Waals surface area (Å²) in [6.45, 7) is 0.266. The fraction of sp³-hybridized carbons (Fsp3) is 0.259. The van der Waals surface area contributed by atoms with Crippen molar-refractivity contribution in [3.8, 4) is 11.5 Å². The number of carboxylic acid groups (broad SMARTS) is 1. The molecule has 35 heavy (non-hydrogen) atoms. The molecule has 0 aliphatic heterocycles. The van der Waals surface area contributed by atoms with Crippen LogP contribution in [-0.2, 0) is 4.79 Å². The summed E-state index contributed by atoms with van der Waals surface area (Å²) in [4.78, 5) is 44.1. The van der Waals surface area contributed by atoms with Gasteiger partial charge in [0.15, 0.2) is 0 Å². The number of para-hydroxylation sites is 1. The van der Waals surface area contributed by atoms with Crippen molar-refractivity contribution in [2.45, 2.75) is 18.9 Å². The third-order valence-corrected chi connectivity index (χ3v) is 5.69. The van der Waals surface area contributed by atoms with E-state index in [0.29, 0.717) is 24.0 Å². The van der Waals surface area contributed by atoms with E-state index in [2.05, 4.69) is 4.98 Å². The zero-order chi connectivity index (χ0) is 24.8. The van der Waals surface area contributed by atoms with Gasteiger partial charge in [-0.25, -0.2) is 4.79 Å². The molecule has 4 rings (SSSR count). The number of methoxy groups -OCH3 is 1. The van der Waals surface area contributed by atoms with E-state index in [1.165, 1.54) is 24.3 Å². The molecule has 1 amide bonds. The lowest BCUT2D eigenvalue weighted by Gasteiger charge is -2.27. The molecule has 3 aromatic rings. The zero-order valence-electron chi connectivity index (χ0n) is 19.3. The van der Waals surface area contributed by atoms with E-state index in [0.717, 1.165) is 12.8 Å². The summed E-state index contributed by atoms with van der Waals surface area (Å²) in [7, 11) is 1.45. The van der Waals surface area contributed by atoms with Crippen LogP contribution in [0.3, 0.4) is 0 Å². The number of aliphatic carboxylic acids is 1. The Bertz CT molecular complexity index is 1190. The van der Waals surface area contributed by atoms with Crippen LogP contribution in [0.25, 0.3) is 0 Å². The van der Waals surface area contributed by atoms with Gasteiger partial charge in [0.05, 0.1) is 13.7 Å². The number of carboxylic acids is 1. The van der Waals surface area contributed by atoms with Gasteiger partial charge in [0.25, 0.3) is 5.91 Å². The predicted octanol–water partition coefficient (Wildman–Crippen LogP) is 3.71. The molecular weight excluding hydrogens is 448 g/mol. The molecule has 2 aromatic carbocycles. The van der Waals surface area contributed by atoms with Crippen molar-refractivity contribution in [2.75, 3.05) is 20.2 Å². The van der Waals surface area contributed by atoms with Gasteiger partial charge in [0.2, 0.25) is 11.9 Å². The highest BCUT2D eigenvalue weighted by Crippen LogP contribution is 2.31. The molecular formula is C27H26N2O6. The fourth-order valence-electron chi connectivity index (χ4n) is 3.68. The lowest BCUT2D eigenvalue weighted by Crippen LogP contribution is -2.44. The number of pyridine rings is 1. The SMILES string of the molecule is COc1cc(C(=O)c2ccccn2)cc(C(=O)N(CC2CC2)CC(Oc2ccccc2)C(=O)O)c1. The molecule has 0 bridgehead atoms. The first-order valence-corrected chi connectivity index (χ1v) is 11.3. The van der Waals surface area contributed by atoms with E-state index < -0.39 is 18.0 Å². The summed E-state index contributed by atoms with van der Waals surface area (Å²) >= 11 is 0. The van der Waals surface area contributed by atoms with E-state index in [1.54, 1.807) is 60.7 Å². The van der Waals surface area contributed by atoms with E-state index in [9.17, 15) is 19.5 Å². The second-order valence-corrected chi connectivity index (χ2v) is 8.41. The van der Waals surface area contributed by atoms with Gasteiger partial charge in [-0.05, 0) is 61.2 Å². The number of benzene rings is 2. The van der Waals surface area contributed by atoms with Crippen LogP contribution in [0.1, 0.15) is 39.3 Å². The summed E-state index contributed by atoms with van der Waals surface area (Å²) in [5, 5.41) is 9.78. The number of amides is 1. The lowest BCUT2D eigenvalue weighted by atomic mass is 10.0. The van der Waals surface area contributed by atoms with Crippen LogP contribution in [0, 0.1) is 5.92 Å². The van der Waals surface area contributed by atoms with E-state index >= 15 is 0 Å². The molecule has 1 heterocycles. The van der Waals surface area contributed by atoms with Crippen molar-refractivity contribution in [3.63, 3.8) is 0 Å². The fourth-order valence-corrected chi connectivity index (χ4v) is 3.68. The largest absolute Gasteiger partial charge is 0.497 e. The van der Waals surface area contributed by atoms with Gasteiger partial charge in [-0.3, -0.25) is 14.6 Å². The maximum Gasteiger partial charge on any atom is 0.346 e. The number of hydrogen-bond acceptors (Lipinski definition) is 6. The Labute approximate surface area is 203 Å². The van der Waals surface area contributed by atoms with Crippen LogP contribution in [0.5, 0.6) is 11.5 Å². The normalized spacial score (nSPS) is 13.5. The van der Waals surface area contributed by atoms with E-state index in [1.807, 2.05) is 0 Å². The van der Waals surface area contributed by atoms with Gasteiger partial charge in [0, 0.05) is 23.9 Å². The molecule has 1 unspecified atom stereocenters. The summed E-state index contributed by atoms with van der Waals surface area (Å²) < 4.78 is 11.0. The second kappa shape index (κ2) is 10.8. The van der Waals surface area contributed by atoms with Gasteiger partial charge in [0.1, 0.15) is 17.2 Å². The van der Waals surface area contributed by atoms with Crippen LogP contribution >= 0.6 is 0 Å². The molecule has 0 radical (unpaired) electrons. The molecule has 0 saturated heterocycles. The number of aromatic nitrogens is 1. The van der Waals surface area contributed by atoms with E-state index in [-0.39, 0.29) is 29.1 Å². The number of ether oxygens (including phenoxy) is 2. The number of carbonyl (C=O) groups is 3. The first kappa shape index (κ1) is 23.9. The molecule has 1 N–H and O–H groups in total. The van der Waals surface area contributed by atoms with Gasteiger partial charge in [-0.2, -0.15) is 0 Å². The minimum atomic E-state index is -1.25. The maximum absolute atomic E-state index is 13.6. The topological polar surface area (TPSA) is 106 Å². The number of carbonyl (C=O) groups excluding carboxylic acids is 2. The standard InChI is InChI=1S/C27H26N2O6/c1-34-22-14-19(25(30)23-9-5-6-12-28-23)13-20(15-22)26(31)29(16-18-10-11-18)17-24(27(32)33)35-21-7-3-2-4-8-21/h2-9,12-15,18,24H,10-11,16-17H2,1H3,(H,32,33). The van der Waals surface area contributed by atoms with Crippen molar-refractivity contribution in [1.29, 1.82) is 0 Å². The molecule has 1 aliphatic rings. The van der Waals surface area contributed by atoms with E-state index in [4.69, 9.17) is 9.47 Å². The highest BCUT2D eigenvalue weighted by Gasteiger charge is 2.32. The summed E-state index contributed by atoms with van der Waals surface area (Å²) in [6.07, 6.45) is 2.22. The second-order valence-electron chi connectivity index (χ2n) is 8.41. The van der Waals surface area contributed by atoms with Crippen molar-refractivity contribution in [3.05, 3.63) is 89.7 Å². The Balaban J connectivity index is 1.61. The molecule has 1 fully saturated rings. The average Bonchev–Trinajstić information content (AvgIpc) is 3.71. The molecule has 8 nitrogen and oxygen atoms in total. The Kier molecular flexibility index (Phi) is 7.40. The van der Waals surface area contributed by atoms with Crippen LogP contribution in [0.15, 0.2) is 72.9 Å². The highest BCUT2D eigenvalue weighted by atomic mass is 16.5. The Morgan fingerprint density at radius 1 is 1.00 bits per heavy atom. The van der Waals surface area contributed by atoms with Gasteiger partial charge in [-0.15, -0.1) is 0 Å². The number of hydrogen-bond donors (Lipinski definition) is 1. The third kappa shape index (κ3) is 6.23. The predicted molar refractivity (Wildman–Crippen MR) is 128 cm³/mol. The first-order chi connectivity index (χ1) is 16.9. The summed E-state index contributed by atoms with van der Waals surface area (Å²) in [5.74, 6) is -0.846. The molecule has 1 saturated carbocycles. The summed E-state index contributed by atoms with van der Waals surface area (Å²) in [5.41, 5.74) is 0.734. The lowest BCUT2D eigenvalue weighted by molar-refractivity contribution is -0.145. The molecule has 1 aliphatic carbocycles. The smallest absolute Gasteiger partial charge is 0.346 e. The first-order valence-electron chi connectivity index (χ1n) is 11.3. The van der Waals surface area contributed by atoms with Crippen LogP contribution < -0.4 is 9.47 Å². The molecule has 1 aromatic heterocycles. The van der Waals surface area contributed by atoms with Gasteiger partial charge < -0.3 is 19.5 Å². The quantitative estimate of drug-likeness (QED) is 0.422. The zero-order valence-corrected chi connectivity index (χ0v) is 19.3. The average molecular weight is 475 g/mol. The van der Waals surface area contributed by atoms with Crippen molar-refractivity contribution < 1.29 is 29.0 Å². The van der Waals surface area contributed by atoms with Crippen LogP contribution in [-0.4, -0.2) is 59.0 Å².